The van der Waals surface area contributed by atoms with Gasteiger partial charge in [-0.2, -0.15) is 5.26 Å². The number of nitriles is 1. The Morgan fingerprint density at radius 2 is 1.67 bits per heavy atom. The van der Waals surface area contributed by atoms with E-state index < -0.39 is 24.0 Å². The maximum absolute atomic E-state index is 12.1. The molecule has 1 heterocycles. The minimum absolute atomic E-state index is 0.0115. The maximum atomic E-state index is 12.1. The van der Waals surface area contributed by atoms with Crippen LogP contribution in [0.4, 0.5) is 0 Å². The van der Waals surface area contributed by atoms with Crippen molar-refractivity contribution in [2.45, 2.75) is 46.1 Å². The van der Waals surface area contributed by atoms with E-state index in [9.17, 15) is 19.2 Å². The molecule has 9 heteroatoms. The molecule has 0 saturated carbocycles. The number of hydrogen-bond acceptors (Lipinski definition) is 6. The van der Waals surface area contributed by atoms with Crippen LogP contribution in [0.2, 0.25) is 0 Å². The number of hydrogen-bond donors (Lipinski definition) is 1. The van der Waals surface area contributed by atoms with Gasteiger partial charge in [-0.15, -0.1) is 0 Å². The second-order valence-corrected chi connectivity index (χ2v) is 7.06. The minimum atomic E-state index is -1.04. The smallest absolute Gasteiger partial charge is 0.306 e. The fourth-order valence-corrected chi connectivity index (χ4v) is 2.48. The number of nitrogens with one attached hydrogen (secondary N) is 1. The van der Waals surface area contributed by atoms with Crippen LogP contribution in [0.15, 0.2) is 0 Å². The van der Waals surface area contributed by atoms with Crippen LogP contribution in [0.5, 0.6) is 0 Å². The number of carbonyl (C=O) groups excluding carboxylic acids is 4. The zero-order valence-corrected chi connectivity index (χ0v) is 16.4. The summed E-state index contributed by atoms with van der Waals surface area (Å²) >= 11 is 0. The monoisotopic (exact) mass is 380 g/mol. The van der Waals surface area contributed by atoms with Crippen molar-refractivity contribution in [2.24, 2.45) is 5.92 Å². The van der Waals surface area contributed by atoms with Gasteiger partial charge in [-0.05, 0) is 12.8 Å². The molecule has 150 valence electrons. The molecular formula is C18H28N4O5. The Labute approximate surface area is 159 Å². The lowest BCUT2D eigenvalue weighted by atomic mass is 9.90. The number of ether oxygens (including phenoxy) is 1. The summed E-state index contributed by atoms with van der Waals surface area (Å²) in [6, 6.07) is 2.04. The van der Waals surface area contributed by atoms with Gasteiger partial charge in [-0.25, -0.2) is 0 Å². The van der Waals surface area contributed by atoms with Gasteiger partial charge in [0.25, 0.3) is 5.91 Å². The van der Waals surface area contributed by atoms with Crippen LogP contribution in [0.1, 0.15) is 40.5 Å². The van der Waals surface area contributed by atoms with Crippen molar-refractivity contribution < 1.29 is 23.9 Å². The fraction of sp³-hybridized carbons (Fsp3) is 0.722. The highest BCUT2D eigenvalue weighted by Crippen LogP contribution is 2.14. The number of rotatable bonds is 7. The Bertz CT molecular complexity index is 620. The lowest BCUT2D eigenvalue weighted by molar-refractivity contribution is -0.150. The van der Waals surface area contributed by atoms with Gasteiger partial charge >= 0.3 is 5.97 Å². The normalized spacial score (nSPS) is 16.3. The van der Waals surface area contributed by atoms with Gasteiger partial charge in [0.1, 0.15) is 5.54 Å². The molecule has 9 nitrogen and oxygen atoms in total. The Morgan fingerprint density at radius 3 is 2.15 bits per heavy atom. The van der Waals surface area contributed by atoms with Crippen LogP contribution in [0.3, 0.4) is 0 Å². The first-order valence-corrected chi connectivity index (χ1v) is 9.00. The molecule has 0 aliphatic carbocycles. The van der Waals surface area contributed by atoms with Gasteiger partial charge < -0.3 is 19.9 Å². The lowest BCUT2D eigenvalue weighted by Crippen LogP contribution is -2.50. The third-order valence-corrected chi connectivity index (χ3v) is 4.77. The molecule has 0 radical (unpaired) electrons. The maximum Gasteiger partial charge on any atom is 0.306 e. The third-order valence-electron chi connectivity index (χ3n) is 4.77. The Morgan fingerprint density at radius 1 is 1.11 bits per heavy atom. The van der Waals surface area contributed by atoms with Crippen molar-refractivity contribution in [1.82, 2.24) is 15.1 Å². The van der Waals surface area contributed by atoms with Crippen molar-refractivity contribution in [1.29, 1.82) is 5.26 Å². The number of amides is 3. The molecule has 1 rings (SSSR count). The Balaban J connectivity index is 2.31. The Kier molecular flexibility index (Phi) is 8.22. The highest BCUT2D eigenvalue weighted by molar-refractivity contribution is 5.84. The first kappa shape index (κ1) is 22.4. The summed E-state index contributed by atoms with van der Waals surface area (Å²) < 4.78 is 4.88. The molecule has 1 aliphatic rings. The van der Waals surface area contributed by atoms with E-state index in [2.05, 4.69) is 5.32 Å². The molecule has 1 saturated heterocycles. The highest BCUT2D eigenvalue weighted by Gasteiger charge is 2.30. The number of esters is 1. The van der Waals surface area contributed by atoms with Crippen LogP contribution in [-0.2, 0) is 23.9 Å². The van der Waals surface area contributed by atoms with E-state index >= 15 is 0 Å². The lowest BCUT2D eigenvalue weighted by Gasteiger charge is -2.34. The first-order valence-electron chi connectivity index (χ1n) is 9.00. The van der Waals surface area contributed by atoms with Crippen molar-refractivity contribution >= 4 is 23.7 Å². The molecule has 0 unspecified atom stereocenters. The largest absolute Gasteiger partial charge is 0.456 e. The fourth-order valence-electron chi connectivity index (χ4n) is 2.48. The summed E-state index contributed by atoms with van der Waals surface area (Å²) in [6.45, 7) is 8.06. The zero-order valence-electron chi connectivity index (χ0n) is 16.4. The molecule has 27 heavy (non-hydrogen) atoms. The zero-order chi connectivity index (χ0) is 20.6. The summed E-state index contributed by atoms with van der Waals surface area (Å²) in [5.41, 5.74) is -1.04. The van der Waals surface area contributed by atoms with Crippen LogP contribution in [-0.4, -0.2) is 71.8 Å². The van der Waals surface area contributed by atoms with Gasteiger partial charge in [0.15, 0.2) is 6.61 Å². The molecule has 1 N–H and O–H groups in total. The predicted molar refractivity (Wildman–Crippen MR) is 96.0 cm³/mol. The molecule has 0 bridgehead atoms. The van der Waals surface area contributed by atoms with Crippen LogP contribution in [0, 0.1) is 17.2 Å². The van der Waals surface area contributed by atoms with E-state index in [0.29, 0.717) is 26.2 Å². The molecule has 1 fully saturated rings. The van der Waals surface area contributed by atoms with Gasteiger partial charge in [0.2, 0.25) is 11.8 Å². The standard InChI is InChI=1S/C18H28N4O5/c1-13(2)18(4,12-19)20-15(24)11-27-17(26)6-5-16(25)22-9-7-21(8-10-22)14(3)23/h13H,5-11H2,1-4H3,(H,20,24)/t18-/m0/s1. The van der Waals surface area contributed by atoms with Gasteiger partial charge in [-0.3, -0.25) is 19.2 Å². The van der Waals surface area contributed by atoms with Crippen molar-refractivity contribution in [3.8, 4) is 6.07 Å². The van der Waals surface area contributed by atoms with E-state index in [0.717, 1.165) is 0 Å². The van der Waals surface area contributed by atoms with E-state index in [1.165, 1.54) is 6.92 Å². The van der Waals surface area contributed by atoms with Crippen LogP contribution < -0.4 is 5.32 Å². The van der Waals surface area contributed by atoms with Gasteiger partial charge in [-0.1, -0.05) is 13.8 Å². The third kappa shape index (κ3) is 6.89. The predicted octanol–water partition coefficient (Wildman–Crippen LogP) is 0.0550. The molecule has 0 aromatic rings. The minimum Gasteiger partial charge on any atom is -0.456 e. The van der Waals surface area contributed by atoms with Crippen molar-refractivity contribution in [2.75, 3.05) is 32.8 Å². The molecule has 1 aliphatic heterocycles. The van der Waals surface area contributed by atoms with Gasteiger partial charge in [0.05, 0.1) is 12.5 Å². The van der Waals surface area contributed by atoms with Crippen molar-refractivity contribution in [3.63, 3.8) is 0 Å². The van der Waals surface area contributed by atoms with E-state index in [4.69, 9.17) is 10.00 Å². The van der Waals surface area contributed by atoms with Crippen LogP contribution >= 0.6 is 0 Å². The molecular weight excluding hydrogens is 352 g/mol. The van der Waals surface area contributed by atoms with Gasteiger partial charge in [0, 0.05) is 39.5 Å². The molecule has 0 spiro atoms. The van der Waals surface area contributed by atoms with E-state index in [1.807, 2.05) is 6.07 Å². The van der Waals surface area contributed by atoms with Crippen molar-refractivity contribution in [3.05, 3.63) is 0 Å². The quantitative estimate of drug-likeness (QED) is 0.624. The summed E-state index contributed by atoms with van der Waals surface area (Å²) in [5.74, 6) is -1.52. The topological polar surface area (TPSA) is 120 Å². The van der Waals surface area contributed by atoms with E-state index in [-0.39, 0.29) is 30.6 Å². The number of carbonyl (C=O) groups is 4. The second-order valence-electron chi connectivity index (χ2n) is 7.06. The summed E-state index contributed by atoms with van der Waals surface area (Å²) in [5, 5.41) is 11.7. The first-order chi connectivity index (χ1) is 12.6. The Hall–Kier alpha value is -2.63. The highest BCUT2D eigenvalue weighted by atomic mass is 16.5. The number of piperazine rings is 1. The molecule has 3 amide bonds. The summed E-state index contributed by atoms with van der Waals surface area (Å²) in [6.07, 6.45) is -0.138. The average Bonchev–Trinajstić information content (AvgIpc) is 2.64. The molecule has 0 aromatic heterocycles. The summed E-state index contributed by atoms with van der Waals surface area (Å²) in [7, 11) is 0. The average molecular weight is 380 g/mol. The molecule has 1 atom stereocenters. The number of nitrogens with zero attached hydrogens (tertiary/aromatic N) is 3. The molecule has 0 aromatic carbocycles. The van der Waals surface area contributed by atoms with E-state index in [1.54, 1.807) is 30.6 Å². The van der Waals surface area contributed by atoms with Crippen LogP contribution in [0.25, 0.3) is 0 Å². The summed E-state index contributed by atoms with van der Waals surface area (Å²) in [4.78, 5) is 50.3. The second kappa shape index (κ2) is 9.90. The SMILES string of the molecule is CC(=O)N1CCN(C(=O)CCC(=O)OCC(=O)N[C@@](C)(C#N)C(C)C)CC1.